The second-order valence-corrected chi connectivity index (χ2v) is 8.68. The van der Waals surface area contributed by atoms with Gasteiger partial charge in [-0.3, -0.25) is 4.79 Å². The number of benzene rings is 3. The molecule has 3 aromatic rings. The molecule has 0 saturated heterocycles. The fraction of sp³-hybridized carbons (Fsp3) is 0.296. The number of anilines is 1. The molecule has 160 valence electrons. The number of carbonyl (C=O) groups is 1. The molecular weight excluding hydrogens is 404 g/mol. The highest BCUT2D eigenvalue weighted by molar-refractivity contribution is 6.30. The highest BCUT2D eigenvalue weighted by atomic mass is 35.5. The molecule has 1 aliphatic carbocycles. The maximum absolute atomic E-state index is 13.7. The van der Waals surface area contributed by atoms with Crippen LogP contribution >= 0.6 is 11.6 Å². The molecule has 1 fully saturated rings. The molecule has 0 spiro atoms. The van der Waals surface area contributed by atoms with Gasteiger partial charge in [-0.05, 0) is 48.2 Å². The van der Waals surface area contributed by atoms with Gasteiger partial charge in [0.2, 0.25) is 5.91 Å². The van der Waals surface area contributed by atoms with Crippen molar-refractivity contribution in [1.29, 1.82) is 0 Å². The molecule has 0 radical (unpaired) electrons. The minimum Gasteiger partial charge on any atom is -0.352 e. The van der Waals surface area contributed by atoms with Crippen LogP contribution in [0.3, 0.4) is 0 Å². The fourth-order valence-electron chi connectivity index (χ4n) is 4.38. The molecule has 1 aliphatic rings. The summed E-state index contributed by atoms with van der Waals surface area (Å²) < 4.78 is 0. The predicted octanol–water partition coefficient (Wildman–Crippen LogP) is 6.54. The van der Waals surface area contributed by atoms with Gasteiger partial charge in [-0.15, -0.1) is 0 Å². The molecule has 31 heavy (non-hydrogen) atoms. The summed E-state index contributed by atoms with van der Waals surface area (Å²) >= 11 is 6.16. The van der Waals surface area contributed by atoms with Crippen LogP contribution in [-0.2, 0) is 11.3 Å². The number of carbonyl (C=O) groups excluding carboxylic acids is 1. The summed E-state index contributed by atoms with van der Waals surface area (Å²) in [5.41, 5.74) is 3.12. The first kappa shape index (κ1) is 21.5. The first-order valence-electron chi connectivity index (χ1n) is 11.1. The van der Waals surface area contributed by atoms with E-state index in [1.165, 1.54) is 19.3 Å². The van der Waals surface area contributed by atoms with Crippen molar-refractivity contribution in [3.05, 3.63) is 101 Å². The van der Waals surface area contributed by atoms with Gasteiger partial charge in [0, 0.05) is 23.3 Å². The van der Waals surface area contributed by atoms with Crippen molar-refractivity contribution >= 4 is 23.2 Å². The quantitative estimate of drug-likeness (QED) is 0.459. The number of hydrogen-bond donors (Lipinski definition) is 1. The smallest absolute Gasteiger partial charge is 0.247 e. The molecule has 4 rings (SSSR count). The average Bonchev–Trinajstić information content (AvgIpc) is 2.82. The lowest BCUT2D eigenvalue weighted by Gasteiger charge is -2.35. The second-order valence-electron chi connectivity index (χ2n) is 8.25. The first-order valence-corrected chi connectivity index (χ1v) is 11.5. The van der Waals surface area contributed by atoms with Gasteiger partial charge in [0.1, 0.15) is 6.04 Å². The van der Waals surface area contributed by atoms with Gasteiger partial charge in [-0.25, -0.2) is 0 Å². The Hall–Kier alpha value is -2.78. The van der Waals surface area contributed by atoms with E-state index in [0.29, 0.717) is 11.6 Å². The maximum atomic E-state index is 13.7. The van der Waals surface area contributed by atoms with E-state index < -0.39 is 6.04 Å². The van der Waals surface area contributed by atoms with Gasteiger partial charge in [-0.2, -0.15) is 0 Å². The highest BCUT2D eigenvalue weighted by Gasteiger charge is 2.30. The third-order valence-electron chi connectivity index (χ3n) is 5.98. The summed E-state index contributed by atoms with van der Waals surface area (Å²) in [5, 5.41) is 4.03. The molecule has 1 saturated carbocycles. The number of amides is 1. The fourth-order valence-corrected chi connectivity index (χ4v) is 4.50. The van der Waals surface area contributed by atoms with E-state index in [-0.39, 0.29) is 11.9 Å². The van der Waals surface area contributed by atoms with Crippen molar-refractivity contribution in [3.63, 3.8) is 0 Å². The van der Waals surface area contributed by atoms with Crippen LogP contribution in [0.2, 0.25) is 5.02 Å². The summed E-state index contributed by atoms with van der Waals surface area (Å²) in [7, 11) is 0. The lowest BCUT2D eigenvalue weighted by Crippen LogP contribution is -2.45. The largest absolute Gasteiger partial charge is 0.352 e. The van der Waals surface area contributed by atoms with Crippen LogP contribution in [0.1, 0.15) is 49.3 Å². The molecule has 1 amide bonds. The van der Waals surface area contributed by atoms with E-state index in [4.69, 9.17) is 11.6 Å². The summed E-state index contributed by atoms with van der Waals surface area (Å²) in [5.74, 6) is 0.0500. The van der Waals surface area contributed by atoms with Crippen molar-refractivity contribution < 1.29 is 4.79 Å². The molecule has 0 bridgehead atoms. The van der Waals surface area contributed by atoms with Gasteiger partial charge in [0.15, 0.2) is 0 Å². The number of nitrogens with zero attached hydrogens (tertiary/aromatic N) is 1. The van der Waals surface area contributed by atoms with E-state index in [0.717, 1.165) is 29.7 Å². The van der Waals surface area contributed by atoms with Crippen LogP contribution in [0.5, 0.6) is 0 Å². The first-order chi connectivity index (χ1) is 15.2. The summed E-state index contributed by atoms with van der Waals surface area (Å²) in [6.45, 7) is 0.635. The summed E-state index contributed by atoms with van der Waals surface area (Å²) in [6.07, 6.45) is 5.75. The van der Waals surface area contributed by atoms with Gasteiger partial charge in [0.25, 0.3) is 0 Å². The third kappa shape index (κ3) is 5.68. The monoisotopic (exact) mass is 432 g/mol. The Balaban J connectivity index is 1.71. The number of halogens is 1. The van der Waals surface area contributed by atoms with Crippen LogP contribution < -0.4 is 10.2 Å². The van der Waals surface area contributed by atoms with Crippen molar-refractivity contribution in [3.8, 4) is 0 Å². The van der Waals surface area contributed by atoms with E-state index in [1.807, 2.05) is 60.7 Å². The van der Waals surface area contributed by atoms with Gasteiger partial charge in [0.05, 0.1) is 0 Å². The zero-order valence-corrected chi connectivity index (χ0v) is 18.5. The number of nitrogens with one attached hydrogen (secondary N) is 1. The molecule has 0 aromatic heterocycles. The molecular formula is C27H29ClN2O. The summed E-state index contributed by atoms with van der Waals surface area (Å²) in [6, 6.07) is 28.0. The third-order valence-corrected chi connectivity index (χ3v) is 6.23. The van der Waals surface area contributed by atoms with Crippen molar-refractivity contribution in [2.24, 2.45) is 0 Å². The highest BCUT2D eigenvalue weighted by Crippen LogP contribution is 2.31. The Bertz CT molecular complexity index is 954. The lowest BCUT2D eigenvalue weighted by atomic mass is 9.94. The Labute approximate surface area is 190 Å². The number of rotatable bonds is 7. The predicted molar refractivity (Wildman–Crippen MR) is 128 cm³/mol. The molecule has 4 heteroatoms. The Morgan fingerprint density at radius 3 is 2.13 bits per heavy atom. The molecule has 1 unspecified atom stereocenters. The van der Waals surface area contributed by atoms with Crippen molar-refractivity contribution in [2.45, 2.75) is 50.7 Å². The SMILES string of the molecule is O=C(NC1CCCCC1)C(c1ccc(Cl)cc1)N(Cc1ccccc1)c1ccccc1. The van der Waals surface area contributed by atoms with Crippen LogP contribution in [0.4, 0.5) is 5.69 Å². The van der Waals surface area contributed by atoms with Gasteiger partial charge < -0.3 is 10.2 Å². The molecule has 1 atom stereocenters. The molecule has 0 heterocycles. The van der Waals surface area contributed by atoms with Crippen LogP contribution in [0.15, 0.2) is 84.9 Å². The lowest BCUT2D eigenvalue weighted by molar-refractivity contribution is -0.123. The standard InChI is InChI=1S/C27H29ClN2O/c28-23-18-16-22(17-19-23)26(27(31)29-24-12-6-2-7-13-24)30(25-14-8-3-9-15-25)20-21-10-4-1-5-11-21/h1,3-5,8-11,14-19,24,26H,2,6-7,12-13,20H2,(H,29,31). The Morgan fingerprint density at radius 1 is 0.871 bits per heavy atom. The van der Waals surface area contributed by atoms with Crippen LogP contribution in [0, 0.1) is 0 Å². The topological polar surface area (TPSA) is 32.3 Å². The number of para-hydroxylation sites is 1. The maximum Gasteiger partial charge on any atom is 0.247 e. The van der Waals surface area contributed by atoms with Gasteiger partial charge >= 0.3 is 0 Å². The van der Waals surface area contributed by atoms with Gasteiger partial charge in [-0.1, -0.05) is 91.5 Å². The van der Waals surface area contributed by atoms with E-state index >= 15 is 0 Å². The normalized spacial score (nSPS) is 15.3. The Kier molecular flexibility index (Phi) is 7.26. The van der Waals surface area contributed by atoms with Crippen molar-refractivity contribution in [1.82, 2.24) is 5.32 Å². The van der Waals surface area contributed by atoms with E-state index in [9.17, 15) is 4.79 Å². The van der Waals surface area contributed by atoms with E-state index in [1.54, 1.807) is 0 Å². The minimum absolute atomic E-state index is 0.0500. The molecule has 1 N–H and O–H groups in total. The van der Waals surface area contributed by atoms with Crippen LogP contribution in [0.25, 0.3) is 0 Å². The summed E-state index contributed by atoms with van der Waals surface area (Å²) in [4.78, 5) is 15.9. The molecule has 3 nitrogen and oxygen atoms in total. The zero-order chi connectivity index (χ0) is 21.5. The Morgan fingerprint density at radius 2 is 1.48 bits per heavy atom. The van der Waals surface area contributed by atoms with Crippen LogP contribution in [-0.4, -0.2) is 11.9 Å². The van der Waals surface area contributed by atoms with E-state index in [2.05, 4.69) is 34.5 Å². The minimum atomic E-state index is -0.443. The van der Waals surface area contributed by atoms with Crippen molar-refractivity contribution in [2.75, 3.05) is 4.90 Å². The average molecular weight is 433 g/mol. The number of hydrogen-bond acceptors (Lipinski definition) is 2. The zero-order valence-electron chi connectivity index (χ0n) is 17.7. The molecule has 3 aromatic carbocycles. The second kappa shape index (κ2) is 10.5. The molecule has 0 aliphatic heterocycles.